The minimum Gasteiger partial charge on any atom is -0.360 e. The Balaban J connectivity index is 0.00000132. The van der Waals surface area contributed by atoms with Gasteiger partial charge in [0, 0.05) is 44.2 Å². The molecule has 1 aliphatic heterocycles. The van der Waals surface area contributed by atoms with Gasteiger partial charge < -0.3 is 15.2 Å². The van der Waals surface area contributed by atoms with Gasteiger partial charge in [0.25, 0.3) is 0 Å². The van der Waals surface area contributed by atoms with E-state index in [1.807, 2.05) is 17.9 Å². The van der Waals surface area contributed by atoms with Crippen molar-refractivity contribution >= 4 is 30.7 Å². The van der Waals surface area contributed by atoms with Crippen LogP contribution in [0.1, 0.15) is 30.7 Å². The molecule has 1 aliphatic carbocycles. The molecular formula is C15H26Cl2N4O2. The zero-order chi connectivity index (χ0) is 14.8. The Labute approximate surface area is 149 Å². The smallest absolute Gasteiger partial charge is 0.225 e. The van der Waals surface area contributed by atoms with E-state index in [4.69, 9.17) is 10.3 Å². The van der Waals surface area contributed by atoms with E-state index in [9.17, 15) is 4.79 Å². The quantitative estimate of drug-likeness (QED) is 0.881. The molecule has 0 radical (unpaired) electrons. The molecule has 1 amide bonds. The second kappa shape index (κ2) is 8.87. The Bertz CT molecular complexity index is 503. The highest BCUT2D eigenvalue weighted by atomic mass is 35.5. The molecule has 2 fully saturated rings. The normalized spacial score (nSPS) is 24.9. The minimum atomic E-state index is 0. The Morgan fingerprint density at radius 2 is 2.00 bits per heavy atom. The highest BCUT2D eigenvalue weighted by Crippen LogP contribution is 2.26. The molecule has 2 heterocycles. The molecule has 0 spiro atoms. The summed E-state index contributed by atoms with van der Waals surface area (Å²) in [6.07, 6.45) is 2.80. The first-order valence-corrected chi connectivity index (χ1v) is 7.81. The Kier molecular flexibility index (Phi) is 7.80. The predicted octanol–water partition coefficient (Wildman–Crippen LogP) is 1.60. The molecular weight excluding hydrogens is 339 g/mol. The number of hydrogen-bond acceptors (Lipinski definition) is 5. The maximum absolute atomic E-state index is 12.4. The zero-order valence-electron chi connectivity index (χ0n) is 13.4. The van der Waals surface area contributed by atoms with E-state index >= 15 is 0 Å². The molecule has 1 aromatic rings. The Morgan fingerprint density at radius 3 is 2.52 bits per heavy atom. The molecule has 2 unspecified atom stereocenters. The summed E-state index contributed by atoms with van der Waals surface area (Å²) >= 11 is 0. The van der Waals surface area contributed by atoms with Crippen molar-refractivity contribution in [3.63, 3.8) is 0 Å². The first-order chi connectivity index (χ1) is 10.1. The highest BCUT2D eigenvalue weighted by molar-refractivity contribution is 5.85. The van der Waals surface area contributed by atoms with Crippen LogP contribution in [0.5, 0.6) is 0 Å². The van der Waals surface area contributed by atoms with E-state index in [1.165, 1.54) is 0 Å². The molecule has 132 valence electrons. The zero-order valence-corrected chi connectivity index (χ0v) is 15.1. The van der Waals surface area contributed by atoms with Gasteiger partial charge in [-0.05, 0) is 26.2 Å². The van der Waals surface area contributed by atoms with Crippen LogP contribution in [-0.2, 0) is 11.3 Å². The average Bonchev–Trinajstić information content (AvgIpc) is 3.08. The largest absolute Gasteiger partial charge is 0.360 e. The fourth-order valence-corrected chi connectivity index (χ4v) is 3.34. The van der Waals surface area contributed by atoms with Gasteiger partial charge in [-0.3, -0.25) is 9.69 Å². The van der Waals surface area contributed by atoms with E-state index in [1.54, 1.807) is 0 Å². The standard InChI is InChI=1S/C15H24N4O2.2ClH/c1-11-8-14(21-17-11)10-18-4-6-19(7-5-18)15(20)12-2-3-13(16)9-12;;/h8,12-13H,2-7,9-10,16H2,1H3;2*1H. The van der Waals surface area contributed by atoms with Crippen LogP contribution >= 0.6 is 24.8 Å². The number of halogens is 2. The number of aromatic nitrogens is 1. The van der Waals surface area contributed by atoms with Gasteiger partial charge in [-0.2, -0.15) is 0 Å². The van der Waals surface area contributed by atoms with Gasteiger partial charge in [-0.1, -0.05) is 5.16 Å². The van der Waals surface area contributed by atoms with Crippen LogP contribution in [0.15, 0.2) is 10.6 Å². The van der Waals surface area contributed by atoms with Gasteiger partial charge >= 0.3 is 0 Å². The molecule has 6 nitrogen and oxygen atoms in total. The molecule has 8 heteroatoms. The van der Waals surface area contributed by atoms with Gasteiger partial charge in [-0.15, -0.1) is 24.8 Å². The number of rotatable bonds is 3. The first kappa shape index (κ1) is 20.2. The molecule has 2 atom stereocenters. The topological polar surface area (TPSA) is 75.6 Å². The van der Waals surface area contributed by atoms with Gasteiger partial charge in [0.15, 0.2) is 5.76 Å². The number of aryl methyl sites for hydroxylation is 1. The highest BCUT2D eigenvalue weighted by Gasteiger charge is 2.32. The third kappa shape index (κ3) is 5.08. The molecule has 1 saturated heterocycles. The van der Waals surface area contributed by atoms with Crippen molar-refractivity contribution in [3.8, 4) is 0 Å². The van der Waals surface area contributed by atoms with Gasteiger partial charge in [0.2, 0.25) is 5.91 Å². The van der Waals surface area contributed by atoms with Crippen LogP contribution in [0.25, 0.3) is 0 Å². The molecule has 23 heavy (non-hydrogen) atoms. The number of hydrogen-bond donors (Lipinski definition) is 1. The monoisotopic (exact) mass is 364 g/mol. The maximum Gasteiger partial charge on any atom is 0.225 e. The van der Waals surface area contributed by atoms with Gasteiger partial charge in [0.1, 0.15) is 0 Å². The van der Waals surface area contributed by atoms with Gasteiger partial charge in [-0.25, -0.2) is 0 Å². The maximum atomic E-state index is 12.4. The summed E-state index contributed by atoms with van der Waals surface area (Å²) in [6, 6.07) is 2.19. The van der Waals surface area contributed by atoms with Crippen LogP contribution in [-0.4, -0.2) is 53.1 Å². The first-order valence-electron chi connectivity index (χ1n) is 7.81. The lowest BCUT2D eigenvalue weighted by atomic mass is 10.1. The number of nitrogens with two attached hydrogens (primary N) is 1. The van der Waals surface area contributed by atoms with E-state index in [2.05, 4.69) is 10.1 Å². The lowest BCUT2D eigenvalue weighted by Gasteiger charge is -2.35. The van der Waals surface area contributed by atoms with E-state index in [0.29, 0.717) is 5.91 Å². The van der Waals surface area contributed by atoms with Crippen molar-refractivity contribution in [2.24, 2.45) is 11.7 Å². The number of amides is 1. The SMILES string of the molecule is Cc1cc(CN2CCN(C(=O)C3CCC(N)C3)CC2)on1.Cl.Cl. The van der Waals surface area contributed by atoms with Crippen LogP contribution < -0.4 is 5.73 Å². The molecule has 1 aromatic heterocycles. The third-order valence-electron chi connectivity index (χ3n) is 4.56. The average molecular weight is 365 g/mol. The molecule has 0 aromatic carbocycles. The van der Waals surface area contributed by atoms with Crippen LogP contribution in [0, 0.1) is 12.8 Å². The van der Waals surface area contributed by atoms with Crippen molar-refractivity contribution in [3.05, 3.63) is 17.5 Å². The lowest BCUT2D eigenvalue weighted by Crippen LogP contribution is -2.49. The Morgan fingerprint density at radius 1 is 1.30 bits per heavy atom. The molecule has 0 bridgehead atoms. The second-order valence-electron chi connectivity index (χ2n) is 6.31. The summed E-state index contributed by atoms with van der Waals surface area (Å²) in [4.78, 5) is 16.8. The van der Waals surface area contributed by atoms with Crippen LogP contribution in [0.2, 0.25) is 0 Å². The molecule has 3 rings (SSSR count). The Hall–Kier alpha value is -0.820. The summed E-state index contributed by atoms with van der Waals surface area (Å²) in [7, 11) is 0. The molecule has 1 saturated carbocycles. The molecule has 2 aliphatic rings. The van der Waals surface area contributed by atoms with E-state index in [-0.39, 0.29) is 36.8 Å². The van der Waals surface area contributed by atoms with E-state index < -0.39 is 0 Å². The van der Waals surface area contributed by atoms with Crippen molar-refractivity contribution in [1.29, 1.82) is 0 Å². The van der Waals surface area contributed by atoms with Crippen LogP contribution in [0.4, 0.5) is 0 Å². The lowest BCUT2D eigenvalue weighted by molar-refractivity contribution is -0.137. The second-order valence-corrected chi connectivity index (χ2v) is 6.31. The minimum absolute atomic E-state index is 0. The number of nitrogens with zero attached hydrogens (tertiary/aromatic N) is 3. The summed E-state index contributed by atoms with van der Waals surface area (Å²) in [5.41, 5.74) is 6.82. The number of carbonyl (C=O) groups excluding carboxylic acids is 1. The van der Waals surface area contributed by atoms with Gasteiger partial charge in [0.05, 0.1) is 12.2 Å². The predicted molar refractivity (Wildman–Crippen MR) is 92.9 cm³/mol. The van der Waals surface area contributed by atoms with Crippen molar-refractivity contribution in [1.82, 2.24) is 15.0 Å². The summed E-state index contributed by atoms with van der Waals surface area (Å²) in [5, 5.41) is 3.91. The molecule has 2 N–H and O–H groups in total. The van der Waals surface area contributed by atoms with Crippen LogP contribution in [0.3, 0.4) is 0 Å². The summed E-state index contributed by atoms with van der Waals surface area (Å²) < 4.78 is 5.25. The number of piperazine rings is 1. The van der Waals surface area contributed by atoms with Crippen molar-refractivity contribution in [2.45, 2.75) is 38.8 Å². The fourth-order valence-electron chi connectivity index (χ4n) is 3.34. The van der Waals surface area contributed by atoms with Crippen molar-refractivity contribution in [2.75, 3.05) is 26.2 Å². The fraction of sp³-hybridized carbons (Fsp3) is 0.733. The van der Waals surface area contributed by atoms with E-state index in [0.717, 1.165) is 63.4 Å². The summed E-state index contributed by atoms with van der Waals surface area (Å²) in [5.74, 6) is 1.36. The third-order valence-corrected chi connectivity index (χ3v) is 4.56. The van der Waals surface area contributed by atoms with Crippen molar-refractivity contribution < 1.29 is 9.32 Å². The summed E-state index contributed by atoms with van der Waals surface area (Å²) in [6.45, 7) is 6.09. The number of carbonyl (C=O) groups is 1.